The average Bonchev–Trinajstić information content (AvgIpc) is 2.88. The molecule has 1 heterocycles. The van der Waals surface area contributed by atoms with E-state index in [0.29, 0.717) is 11.4 Å². The van der Waals surface area contributed by atoms with E-state index < -0.39 is 10.0 Å². The first kappa shape index (κ1) is 13.5. The van der Waals surface area contributed by atoms with Gasteiger partial charge in [-0.05, 0) is 37.0 Å². The van der Waals surface area contributed by atoms with Crippen LogP contribution in [-0.4, -0.2) is 37.0 Å². The largest absolute Gasteiger partial charge is 0.395 e. The van der Waals surface area contributed by atoms with E-state index in [1.165, 1.54) is 4.31 Å². The number of nitrogens with zero attached hydrogens (tertiary/aromatic N) is 1. The Labute approximate surface area is 108 Å². The van der Waals surface area contributed by atoms with Gasteiger partial charge in [0.2, 0.25) is 10.0 Å². The van der Waals surface area contributed by atoms with Gasteiger partial charge in [0.15, 0.2) is 0 Å². The maximum absolute atomic E-state index is 12.4. The van der Waals surface area contributed by atoms with Crippen molar-refractivity contribution < 1.29 is 13.5 Å². The van der Waals surface area contributed by atoms with Gasteiger partial charge in [0.1, 0.15) is 0 Å². The smallest absolute Gasteiger partial charge is 0.243 e. The number of hydrogen-bond acceptors (Lipinski definition) is 3. The molecule has 100 valence electrons. The molecule has 0 saturated carbocycles. The van der Waals surface area contributed by atoms with E-state index in [4.69, 9.17) is 0 Å². The van der Waals surface area contributed by atoms with Crippen LogP contribution < -0.4 is 0 Å². The predicted molar refractivity (Wildman–Crippen MR) is 69.8 cm³/mol. The van der Waals surface area contributed by atoms with Crippen molar-refractivity contribution in [2.45, 2.75) is 37.1 Å². The minimum Gasteiger partial charge on any atom is -0.395 e. The summed E-state index contributed by atoms with van der Waals surface area (Å²) in [7, 11) is -3.45. The zero-order chi connectivity index (χ0) is 13.2. The summed E-state index contributed by atoms with van der Waals surface area (Å²) in [5.41, 5.74) is 1.12. The molecule has 1 aromatic rings. The van der Waals surface area contributed by atoms with Crippen LogP contribution in [0.2, 0.25) is 0 Å². The van der Waals surface area contributed by atoms with Gasteiger partial charge in [-0.15, -0.1) is 0 Å². The highest BCUT2D eigenvalue weighted by Gasteiger charge is 2.34. The van der Waals surface area contributed by atoms with Crippen molar-refractivity contribution in [3.63, 3.8) is 0 Å². The fourth-order valence-corrected chi connectivity index (χ4v) is 4.03. The molecule has 1 N–H and O–H groups in total. The summed E-state index contributed by atoms with van der Waals surface area (Å²) in [6.07, 6.45) is 2.45. The summed E-state index contributed by atoms with van der Waals surface area (Å²) in [6, 6.07) is 6.73. The van der Waals surface area contributed by atoms with Gasteiger partial charge in [0.05, 0.1) is 11.5 Å². The quantitative estimate of drug-likeness (QED) is 0.898. The van der Waals surface area contributed by atoms with E-state index in [9.17, 15) is 13.5 Å². The fraction of sp³-hybridized carbons (Fsp3) is 0.538. The highest BCUT2D eigenvalue weighted by atomic mass is 32.2. The molecule has 0 aromatic heterocycles. The third-order valence-corrected chi connectivity index (χ3v) is 5.44. The van der Waals surface area contributed by atoms with Crippen molar-refractivity contribution in [1.29, 1.82) is 0 Å². The number of aliphatic hydroxyl groups excluding tert-OH is 1. The molecule has 5 heteroatoms. The van der Waals surface area contributed by atoms with Gasteiger partial charge in [-0.25, -0.2) is 8.42 Å². The number of sulfonamides is 1. The van der Waals surface area contributed by atoms with Crippen molar-refractivity contribution in [3.05, 3.63) is 29.8 Å². The van der Waals surface area contributed by atoms with E-state index in [1.807, 2.05) is 19.1 Å². The lowest BCUT2D eigenvalue weighted by Gasteiger charge is -2.22. The molecule has 0 radical (unpaired) electrons. The summed E-state index contributed by atoms with van der Waals surface area (Å²) in [5.74, 6) is 0. The molecule has 4 nitrogen and oxygen atoms in total. The van der Waals surface area contributed by atoms with Gasteiger partial charge in [0.25, 0.3) is 0 Å². The van der Waals surface area contributed by atoms with Crippen molar-refractivity contribution in [2.75, 3.05) is 13.2 Å². The number of aliphatic hydroxyl groups is 1. The molecule has 1 aliphatic heterocycles. The van der Waals surface area contributed by atoms with E-state index >= 15 is 0 Å². The van der Waals surface area contributed by atoms with Crippen molar-refractivity contribution in [2.24, 2.45) is 0 Å². The van der Waals surface area contributed by atoms with Gasteiger partial charge in [-0.3, -0.25) is 0 Å². The first-order valence-electron chi connectivity index (χ1n) is 6.31. The van der Waals surface area contributed by atoms with Crippen LogP contribution in [0.5, 0.6) is 0 Å². The molecule has 0 bridgehead atoms. The minimum atomic E-state index is -3.45. The van der Waals surface area contributed by atoms with Crippen molar-refractivity contribution >= 4 is 10.0 Å². The molecule has 2 rings (SSSR count). The first-order valence-corrected chi connectivity index (χ1v) is 7.75. The Balaban J connectivity index is 2.29. The Morgan fingerprint density at radius 3 is 2.56 bits per heavy atom. The molecule has 0 aliphatic carbocycles. The van der Waals surface area contributed by atoms with Crippen molar-refractivity contribution in [1.82, 2.24) is 4.31 Å². The highest BCUT2D eigenvalue weighted by molar-refractivity contribution is 7.89. The molecule has 1 fully saturated rings. The van der Waals surface area contributed by atoms with E-state index in [2.05, 4.69) is 0 Å². The summed E-state index contributed by atoms with van der Waals surface area (Å²) in [5, 5.41) is 9.22. The van der Waals surface area contributed by atoms with E-state index in [1.54, 1.807) is 12.1 Å². The first-order chi connectivity index (χ1) is 8.59. The number of rotatable bonds is 4. The summed E-state index contributed by atoms with van der Waals surface area (Å²) < 4.78 is 26.3. The fourth-order valence-electron chi connectivity index (χ4n) is 2.34. The minimum absolute atomic E-state index is 0.105. The van der Waals surface area contributed by atoms with Crippen LogP contribution in [0, 0.1) is 0 Å². The molecular weight excluding hydrogens is 250 g/mol. The van der Waals surface area contributed by atoms with Gasteiger partial charge < -0.3 is 5.11 Å². The Kier molecular flexibility index (Phi) is 4.04. The Bertz CT molecular complexity index is 495. The number of hydrogen-bond donors (Lipinski definition) is 1. The Morgan fingerprint density at radius 2 is 2.00 bits per heavy atom. The molecule has 1 aromatic carbocycles. The molecule has 0 unspecified atom stereocenters. The normalized spacial score (nSPS) is 21.3. The van der Waals surface area contributed by atoms with Crippen LogP contribution in [0.25, 0.3) is 0 Å². The zero-order valence-corrected chi connectivity index (χ0v) is 11.4. The SMILES string of the molecule is CCc1ccc(S(=O)(=O)N2CCC[C@@H]2CO)cc1. The lowest BCUT2D eigenvalue weighted by atomic mass is 10.2. The monoisotopic (exact) mass is 269 g/mol. The summed E-state index contributed by atoms with van der Waals surface area (Å²) >= 11 is 0. The maximum Gasteiger partial charge on any atom is 0.243 e. The van der Waals surface area contributed by atoms with Crippen LogP contribution in [0.4, 0.5) is 0 Å². The molecule has 1 atom stereocenters. The van der Waals surface area contributed by atoms with E-state index in [0.717, 1.165) is 24.8 Å². The van der Waals surface area contributed by atoms with Crippen LogP contribution in [0.3, 0.4) is 0 Å². The summed E-state index contributed by atoms with van der Waals surface area (Å²) in [4.78, 5) is 0.319. The topological polar surface area (TPSA) is 57.6 Å². The predicted octanol–water partition coefficient (Wildman–Crippen LogP) is 1.39. The third-order valence-electron chi connectivity index (χ3n) is 3.47. The third kappa shape index (κ3) is 2.43. The van der Waals surface area contributed by atoms with E-state index in [-0.39, 0.29) is 12.6 Å². The second kappa shape index (κ2) is 5.38. The average molecular weight is 269 g/mol. The van der Waals surface area contributed by atoms with Crippen LogP contribution in [0.15, 0.2) is 29.2 Å². The molecule has 18 heavy (non-hydrogen) atoms. The van der Waals surface area contributed by atoms with Crippen LogP contribution >= 0.6 is 0 Å². The van der Waals surface area contributed by atoms with Gasteiger partial charge in [-0.2, -0.15) is 4.31 Å². The standard InChI is InChI=1S/C13H19NO3S/c1-2-11-5-7-13(8-6-11)18(16,17)14-9-3-4-12(14)10-15/h5-8,12,15H,2-4,9-10H2,1H3/t12-/m1/s1. The molecular formula is C13H19NO3S. The van der Waals surface area contributed by atoms with Gasteiger partial charge >= 0.3 is 0 Å². The second-order valence-electron chi connectivity index (χ2n) is 4.59. The Morgan fingerprint density at radius 1 is 1.33 bits per heavy atom. The Hall–Kier alpha value is -0.910. The van der Waals surface area contributed by atoms with Gasteiger partial charge in [-0.1, -0.05) is 19.1 Å². The zero-order valence-electron chi connectivity index (χ0n) is 10.5. The second-order valence-corrected chi connectivity index (χ2v) is 6.48. The van der Waals surface area contributed by atoms with Crippen LogP contribution in [0.1, 0.15) is 25.3 Å². The van der Waals surface area contributed by atoms with Crippen molar-refractivity contribution in [3.8, 4) is 0 Å². The molecule has 1 aliphatic rings. The lowest BCUT2D eigenvalue weighted by Crippen LogP contribution is -2.37. The maximum atomic E-state index is 12.4. The summed E-state index contributed by atoms with van der Waals surface area (Å²) in [6.45, 7) is 2.43. The lowest BCUT2D eigenvalue weighted by molar-refractivity contribution is 0.213. The highest BCUT2D eigenvalue weighted by Crippen LogP contribution is 2.25. The van der Waals surface area contributed by atoms with Crippen LogP contribution in [-0.2, 0) is 16.4 Å². The number of benzene rings is 1. The molecule has 1 saturated heterocycles. The number of aryl methyl sites for hydroxylation is 1. The van der Waals surface area contributed by atoms with Gasteiger partial charge in [0, 0.05) is 12.6 Å². The molecule has 0 spiro atoms. The molecule has 0 amide bonds.